The van der Waals surface area contributed by atoms with Crippen molar-refractivity contribution in [2.45, 2.75) is 6.42 Å². The third-order valence-corrected chi connectivity index (χ3v) is 2.92. The Labute approximate surface area is 132 Å². The lowest BCUT2D eigenvalue weighted by Crippen LogP contribution is -2.30. The zero-order valence-electron chi connectivity index (χ0n) is 12.3. The molecular formula is C17H16FNO4. The number of carbonyl (C=O) groups excluding carboxylic acids is 2. The summed E-state index contributed by atoms with van der Waals surface area (Å²) in [4.78, 5) is 22.9. The van der Waals surface area contributed by atoms with Gasteiger partial charge in [-0.3, -0.25) is 4.79 Å². The van der Waals surface area contributed by atoms with E-state index in [0.717, 1.165) is 5.56 Å². The van der Waals surface area contributed by atoms with Gasteiger partial charge in [-0.15, -0.1) is 0 Å². The van der Waals surface area contributed by atoms with E-state index in [-0.39, 0.29) is 12.4 Å². The Morgan fingerprint density at radius 2 is 2.00 bits per heavy atom. The molecule has 0 aliphatic heterocycles. The number of furan rings is 1. The van der Waals surface area contributed by atoms with Crippen LogP contribution in [-0.2, 0) is 20.7 Å². The fourth-order valence-electron chi connectivity index (χ4n) is 1.77. The smallest absolute Gasteiger partial charge is 0.331 e. The van der Waals surface area contributed by atoms with E-state index in [0.29, 0.717) is 18.7 Å². The highest BCUT2D eigenvalue weighted by Crippen LogP contribution is 2.03. The van der Waals surface area contributed by atoms with Crippen LogP contribution in [0.1, 0.15) is 11.3 Å². The van der Waals surface area contributed by atoms with Crippen molar-refractivity contribution in [3.63, 3.8) is 0 Å². The maximum Gasteiger partial charge on any atom is 0.331 e. The van der Waals surface area contributed by atoms with Gasteiger partial charge in [0.05, 0.1) is 6.26 Å². The molecule has 0 saturated carbocycles. The molecule has 0 spiro atoms. The van der Waals surface area contributed by atoms with Gasteiger partial charge < -0.3 is 14.5 Å². The van der Waals surface area contributed by atoms with Crippen LogP contribution in [0.3, 0.4) is 0 Å². The molecule has 0 atom stereocenters. The molecule has 0 radical (unpaired) electrons. The Bertz CT molecular complexity index is 662. The summed E-state index contributed by atoms with van der Waals surface area (Å²) in [6.45, 7) is 0.0228. The number of benzene rings is 1. The monoisotopic (exact) mass is 317 g/mol. The summed E-state index contributed by atoms with van der Waals surface area (Å²) in [5.74, 6) is -0.806. The van der Waals surface area contributed by atoms with Gasteiger partial charge in [-0.2, -0.15) is 0 Å². The van der Waals surface area contributed by atoms with Crippen LogP contribution in [0, 0.1) is 5.82 Å². The first-order valence-corrected chi connectivity index (χ1v) is 7.03. The lowest BCUT2D eigenvalue weighted by atomic mass is 10.1. The Morgan fingerprint density at radius 1 is 1.22 bits per heavy atom. The molecule has 120 valence electrons. The molecule has 2 aromatic rings. The average Bonchev–Trinajstić information content (AvgIpc) is 3.06. The Balaban J connectivity index is 1.63. The quantitative estimate of drug-likeness (QED) is 0.628. The second-order valence-electron chi connectivity index (χ2n) is 4.68. The molecule has 1 N–H and O–H groups in total. The molecule has 0 saturated heterocycles. The van der Waals surface area contributed by atoms with Crippen molar-refractivity contribution < 1.29 is 23.1 Å². The topological polar surface area (TPSA) is 68.5 Å². The van der Waals surface area contributed by atoms with Gasteiger partial charge in [0.2, 0.25) is 0 Å². The molecule has 5 nitrogen and oxygen atoms in total. The van der Waals surface area contributed by atoms with Crippen LogP contribution < -0.4 is 5.32 Å². The minimum atomic E-state index is -0.630. The van der Waals surface area contributed by atoms with Gasteiger partial charge in [0.25, 0.3) is 5.91 Å². The molecule has 1 aromatic heterocycles. The number of amides is 1. The first kappa shape index (κ1) is 16.5. The normalized spacial score (nSPS) is 10.7. The van der Waals surface area contributed by atoms with E-state index in [1.54, 1.807) is 24.3 Å². The number of esters is 1. The summed E-state index contributed by atoms with van der Waals surface area (Å²) in [7, 11) is 0. The number of ether oxygens (including phenoxy) is 1. The van der Waals surface area contributed by atoms with Gasteiger partial charge in [0.1, 0.15) is 11.6 Å². The highest BCUT2D eigenvalue weighted by molar-refractivity contribution is 5.88. The molecule has 1 heterocycles. The molecule has 0 aliphatic carbocycles. The van der Waals surface area contributed by atoms with E-state index in [1.165, 1.54) is 30.5 Å². The molecular weight excluding hydrogens is 301 g/mol. The van der Waals surface area contributed by atoms with Crippen molar-refractivity contribution >= 4 is 18.0 Å². The molecule has 23 heavy (non-hydrogen) atoms. The van der Waals surface area contributed by atoms with Gasteiger partial charge in [-0.25, -0.2) is 9.18 Å². The second kappa shape index (κ2) is 8.53. The van der Waals surface area contributed by atoms with Crippen molar-refractivity contribution in [1.82, 2.24) is 5.32 Å². The Hall–Kier alpha value is -2.89. The van der Waals surface area contributed by atoms with E-state index >= 15 is 0 Å². The van der Waals surface area contributed by atoms with E-state index in [4.69, 9.17) is 9.15 Å². The van der Waals surface area contributed by atoms with Crippen LogP contribution in [0.25, 0.3) is 6.08 Å². The summed E-state index contributed by atoms with van der Waals surface area (Å²) in [5, 5.41) is 2.62. The number of hydrogen-bond acceptors (Lipinski definition) is 4. The third kappa shape index (κ3) is 6.17. The van der Waals surface area contributed by atoms with Gasteiger partial charge in [-0.05, 0) is 42.3 Å². The molecule has 0 aliphatic rings. The summed E-state index contributed by atoms with van der Waals surface area (Å²) in [6, 6.07) is 9.42. The van der Waals surface area contributed by atoms with Crippen LogP contribution in [-0.4, -0.2) is 25.0 Å². The second-order valence-corrected chi connectivity index (χ2v) is 4.68. The SMILES string of the molecule is O=C(COC(=O)C=Cc1ccco1)NCCc1ccc(F)cc1. The van der Waals surface area contributed by atoms with E-state index in [1.807, 2.05) is 0 Å². The van der Waals surface area contributed by atoms with Gasteiger partial charge in [-0.1, -0.05) is 12.1 Å². The minimum Gasteiger partial charge on any atom is -0.465 e. The first-order chi connectivity index (χ1) is 11.1. The minimum absolute atomic E-state index is 0.299. The fourth-order valence-corrected chi connectivity index (χ4v) is 1.77. The highest BCUT2D eigenvalue weighted by Gasteiger charge is 2.05. The van der Waals surface area contributed by atoms with E-state index in [2.05, 4.69) is 5.32 Å². The summed E-state index contributed by atoms with van der Waals surface area (Å²) >= 11 is 0. The Morgan fingerprint density at radius 3 is 2.70 bits per heavy atom. The number of rotatable bonds is 7. The maximum atomic E-state index is 12.7. The molecule has 1 amide bonds. The summed E-state index contributed by atoms with van der Waals surface area (Å²) in [5.41, 5.74) is 0.907. The Kier molecular flexibility index (Phi) is 6.11. The fraction of sp³-hybridized carbons (Fsp3) is 0.176. The van der Waals surface area contributed by atoms with Crippen LogP contribution in [0.5, 0.6) is 0 Å². The predicted molar refractivity (Wildman–Crippen MR) is 81.8 cm³/mol. The first-order valence-electron chi connectivity index (χ1n) is 7.03. The molecule has 0 bridgehead atoms. The molecule has 6 heteroatoms. The van der Waals surface area contributed by atoms with Crippen LogP contribution >= 0.6 is 0 Å². The van der Waals surface area contributed by atoms with Gasteiger partial charge in [0.15, 0.2) is 6.61 Å². The summed E-state index contributed by atoms with van der Waals surface area (Å²) in [6.07, 6.45) is 4.69. The number of hydrogen-bond donors (Lipinski definition) is 1. The lowest BCUT2D eigenvalue weighted by molar-refractivity contribution is -0.143. The summed E-state index contributed by atoms with van der Waals surface area (Å²) < 4.78 is 22.5. The van der Waals surface area contributed by atoms with Gasteiger partial charge in [0, 0.05) is 12.6 Å². The van der Waals surface area contributed by atoms with Crippen LogP contribution in [0.4, 0.5) is 4.39 Å². The van der Waals surface area contributed by atoms with Crippen LogP contribution in [0.2, 0.25) is 0 Å². The molecule has 2 rings (SSSR count). The number of halogens is 1. The van der Waals surface area contributed by atoms with Crippen LogP contribution in [0.15, 0.2) is 53.2 Å². The standard InChI is InChI=1S/C17H16FNO4/c18-14-5-3-13(4-6-14)9-10-19-16(20)12-23-17(21)8-7-15-2-1-11-22-15/h1-8,11H,9-10,12H2,(H,19,20). The predicted octanol–water partition coefficient (Wildman–Crippen LogP) is 2.33. The number of carbonyl (C=O) groups is 2. The number of nitrogens with one attached hydrogen (secondary N) is 1. The van der Waals surface area contributed by atoms with Crippen molar-refractivity contribution in [3.05, 3.63) is 65.9 Å². The average molecular weight is 317 g/mol. The molecule has 1 aromatic carbocycles. The largest absolute Gasteiger partial charge is 0.465 e. The molecule has 0 unspecified atom stereocenters. The van der Waals surface area contributed by atoms with Gasteiger partial charge >= 0.3 is 5.97 Å². The van der Waals surface area contributed by atoms with Crippen molar-refractivity contribution in [2.24, 2.45) is 0 Å². The van der Waals surface area contributed by atoms with E-state index in [9.17, 15) is 14.0 Å². The third-order valence-electron chi connectivity index (χ3n) is 2.92. The zero-order chi connectivity index (χ0) is 16.5. The molecule has 0 fully saturated rings. The lowest BCUT2D eigenvalue weighted by Gasteiger charge is -2.05. The van der Waals surface area contributed by atoms with Crippen molar-refractivity contribution in [1.29, 1.82) is 0 Å². The maximum absolute atomic E-state index is 12.7. The van der Waals surface area contributed by atoms with Crippen molar-refractivity contribution in [2.75, 3.05) is 13.2 Å². The highest BCUT2D eigenvalue weighted by atomic mass is 19.1. The zero-order valence-corrected chi connectivity index (χ0v) is 12.3. The van der Waals surface area contributed by atoms with Crippen molar-refractivity contribution in [3.8, 4) is 0 Å². The van der Waals surface area contributed by atoms with E-state index < -0.39 is 11.9 Å².